The molecule has 0 aliphatic rings. The van der Waals surface area contributed by atoms with E-state index >= 15 is 0 Å². The molecule has 3 rings (SSSR count). The van der Waals surface area contributed by atoms with Crippen LogP contribution in [0.3, 0.4) is 0 Å². The molecule has 148 valence electrons. The van der Waals surface area contributed by atoms with Crippen molar-refractivity contribution in [3.05, 3.63) is 108 Å². The molecule has 4 heteroatoms. The number of rotatable bonds is 9. The first-order valence-electron chi connectivity index (χ1n) is 9.78. The SMILES string of the molecule is O=C(COC(=O)CC(c1ccccc1)c1ccccc1)NCCc1ccccc1. The third kappa shape index (κ3) is 6.61. The second-order valence-electron chi connectivity index (χ2n) is 6.82. The molecule has 0 aromatic heterocycles. The second kappa shape index (κ2) is 10.8. The predicted octanol–water partition coefficient (Wildman–Crippen LogP) is 4.11. The summed E-state index contributed by atoms with van der Waals surface area (Å²) in [5, 5.41) is 2.79. The average molecular weight is 387 g/mol. The summed E-state index contributed by atoms with van der Waals surface area (Å²) in [7, 11) is 0. The quantitative estimate of drug-likeness (QED) is 0.562. The molecule has 3 aromatic carbocycles. The molecule has 0 bridgehead atoms. The van der Waals surface area contributed by atoms with E-state index < -0.39 is 0 Å². The maximum absolute atomic E-state index is 12.4. The molecule has 0 radical (unpaired) electrons. The fourth-order valence-electron chi connectivity index (χ4n) is 3.21. The third-order valence-electron chi connectivity index (χ3n) is 4.72. The number of hydrogen-bond acceptors (Lipinski definition) is 3. The molecule has 0 saturated carbocycles. The first-order valence-corrected chi connectivity index (χ1v) is 9.78. The summed E-state index contributed by atoms with van der Waals surface area (Å²) < 4.78 is 5.23. The molecule has 0 unspecified atom stereocenters. The lowest BCUT2D eigenvalue weighted by Gasteiger charge is -2.17. The molecule has 4 nitrogen and oxygen atoms in total. The minimum Gasteiger partial charge on any atom is -0.456 e. The van der Waals surface area contributed by atoms with Crippen LogP contribution in [-0.2, 0) is 20.7 Å². The second-order valence-corrected chi connectivity index (χ2v) is 6.82. The van der Waals surface area contributed by atoms with Crippen LogP contribution in [0.4, 0.5) is 0 Å². The molecule has 3 aromatic rings. The zero-order chi connectivity index (χ0) is 20.3. The zero-order valence-corrected chi connectivity index (χ0v) is 16.3. The van der Waals surface area contributed by atoms with Gasteiger partial charge in [-0.15, -0.1) is 0 Å². The topological polar surface area (TPSA) is 55.4 Å². The molecular formula is C25H25NO3. The smallest absolute Gasteiger partial charge is 0.307 e. The van der Waals surface area contributed by atoms with E-state index in [0.717, 1.165) is 23.1 Å². The van der Waals surface area contributed by atoms with E-state index in [0.29, 0.717) is 6.54 Å². The van der Waals surface area contributed by atoms with Crippen LogP contribution in [0.15, 0.2) is 91.0 Å². The largest absolute Gasteiger partial charge is 0.456 e. The summed E-state index contributed by atoms with van der Waals surface area (Å²) in [5.74, 6) is -0.780. The molecule has 0 fully saturated rings. The van der Waals surface area contributed by atoms with Crippen molar-refractivity contribution >= 4 is 11.9 Å². The Hall–Kier alpha value is -3.40. The van der Waals surface area contributed by atoms with Crippen LogP contribution in [0.1, 0.15) is 29.0 Å². The Morgan fingerprint density at radius 1 is 0.759 bits per heavy atom. The number of carbonyl (C=O) groups is 2. The number of esters is 1. The summed E-state index contributed by atoms with van der Waals surface area (Å²) in [6.45, 7) is 0.251. The molecular weight excluding hydrogens is 362 g/mol. The number of nitrogens with one attached hydrogen (secondary N) is 1. The number of ether oxygens (including phenoxy) is 1. The van der Waals surface area contributed by atoms with Crippen molar-refractivity contribution < 1.29 is 14.3 Å². The fraction of sp³-hybridized carbons (Fsp3) is 0.200. The molecule has 0 saturated heterocycles. The summed E-state index contributed by atoms with van der Waals surface area (Å²) in [6, 6.07) is 29.6. The van der Waals surface area contributed by atoms with Gasteiger partial charge in [0.2, 0.25) is 0 Å². The Bertz CT molecular complexity index is 856. The Morgan fingerprint density at radius 3 is 1.83 bits per heavy atom. The third-order valence-corrected chi connectivity index (χ3v) is 4.72. The minimum atomic E-state index is -0.388. The summed E-state index contributed by atoms with van der Waals surface area (Å²) in [4.78, 5) is 24.4. The summed E-state index contributed by atoms with van der Waals surface area (Å²) >= 11 is 0. The summed E-state index contributed by atoms with van der Waals surface area (Å²) in [5.41, 5.74) is 3.24. The Kier molecular flexibility index (Phi) is 7.58. The zero-order valence-electron chi connectivity index (χ0n) is 16.3. The maximum Gasteiger partial charge on any atom is 0.307 e. The normalized spacial score (nSPS) is 10.5. The average Bonchev–Trinajstić information content (AvgIpc) is 2.78. The first kappa shape index (κ1) is 20.3. The van der Waals surface area contributed by atoms with Crippen molar-refractivity contribution in [2.45, 2.75) is 18.8 Å². The highest BCUT2D eigenvalue weighted by Crippen LogP contribution is 2.28. The maximum atomic E-state index is 12.4. The Balaban J connectivity index is 1.49. The van der Waals surface area contributed by atoms with Gasteiger partial charge in [-0.1, -0.05) is 91.0 Å². The van der Waals surface area contributed by atoms with Crippen LogP contribution in [0.25, 0.3) is 0 Å². The van der Waals surface area contributed by atoms with Crippen LogP contribution in [0.5, 0.6) is 0 Å². The van der Waals surface area contributed by atoms with Gasteiger partial charge in [-0.05, 0) is 23.1 Å². The highest BCUT2D eigenvalue weighted by molar-refractivity contribution is 5.80. The fourth-order valence-corrected chi connectivity index (χ4v) is 3.21. The molecule has 29 heavy (non-hydrogen) atoms. The van der Waals surface area contributed by atoms with E-state index in [4.69, 9.17) is 4.74 Å². The van der Waals surface area contributed by atoms with Gasteiger partial charge in [-0.25, -0.2) is 0 Å². The van der Waals surface area contributed by atoms with Crippen molar-refractivity contribution in [3.63, 3.8) is 0 Å². The molecule has 1 amide bonds. The van der Waals surface area contributed by atoms with Gasteiger partial charge in [0.1, 0.15) is 0 Å². The molecule has 0 aliphatic heterocycles. The highest BCUT2D eigenvalue weighted by atomic mass is 16.5. The van der Waals surface area contributed by atoms with Crippen LogP contribution in [-0.4, -0.2) is 25.0 Å². The van der Waals surface area contributed by atoms with E-state index in [1.54, 1.807) is 0 Å². The standard InChI is InChI=1S/C25H25NO3/c27-24(26-17-16-20-10-4-1-5-11-20)19-29-25(28)18-23(21-12-6-2-7-13-21)22-14-8-3-9-15-22/h1-15,23H,16-19H2,(H,26,27). The van der Waals surface area contributed by atoms with E-state index in [1.165, 1.54) is 0 Å². The summed E-state index contributed by atoms with van der Waals surface area (Å²) in [6.07, 6.45) is 0.927. The van der Waals surface area contributed by atoms with Crippen molar-refractivity contribution in [3.8, 4) is 0 Å². The van der Waals surface area contributed by atoms with Crippen LogP contribution in [0.2, 0.25) is 0 Å². The van der Waals surface area contributed by atoms with Gasteiger partial charge in [0.05, 0.1) is 6.42 Å². The lowest BCUT2D eigenvalue weighted by molar-refractivity contribution is -0.148. The Morgan fingerprint density at radius 2 is 1.28 bits per heavy atom. The van der Waals surface area contributed by atoms with Gasteiger partial charge in [-0.3, -0.25) is 9.59 Å². The van der Waals surface area contributed by atoms with Gasteiger partial charge >= 0.3 is 5.97 Å². The lowest BCUT2D eigenvalue weighted by atomic mass is 9.89. The van der Waals surface area contributed by atoms with Crippen molar-refractivity contribution in [1.29, 1.82) is 0 Å². The molecule has 0 aliphatic carbocycles. The van der Waals surface area contributed by atoms with Crippen LogP contribution in [0, 0.1) is 0 Å². The van der Waals surface area contributed by atoms with Gasteiger partial charge in [0.25, 0.3) is 5.91 Å². The van der Waals surface area contributed by atoms with E-state index in [2.05, 4.69) is 5.32 Å². The van der Waals surface area contributed by atoms with Gasteiger partial charge in [0.15, 0.2) is 6.61 Å². The van der Waals surface area contributed by atoms with E-state index in [1.807, 2.05) is 91.0 Å². The van der Waals surface area contributed by atoms with Crippen molar-refractivity contribution in [2.24, 2.45) is 0 Å². The Labute approximate surface area is 171 Å². The highest BCUT2D eigenvalue weighted by Gasteiger charge is 2.19. The number of amides is 1. The number of hydrogen-bond donors (Lipinski definition) is 1. The lowest BCUT2D eigenvalue weighted by Crippen LogP contribution is -2.30. The minimum absolute atomic E-state index is 0.106. The number of benzene rings is 3. The van der Waals surface area contributed by atoms with E-state index in [-0.39, 0.29) is 30.8 Å². The van der Waals surface area contributed by atoms with Crippen molar-refractivity contribution in [2.75, 3.05) is 13.2 Å². The predicted molar refractivity (Wildman–Crippen MR) is 113 cm³/mol. The molecule has 1 N–H and O–H groups in total. The molecule has 0 atom stereocenters. The van der Waals surface area contributed by atoms with Gasteiger partial charge in [0, 0.05) is 12.5 Å². The monoisotopic (exact) mass is 387 g/mol. The van der Waals surface area contributed by atoms with Crippen molar-refractivity contribution in [1.82, 2.24) is 5.32 Å². The molecule has 0 heterocycles. The first-order chi connectivity index (χ1) is 14.2. The number of carbonyl (C=O) groups excluding carboxylic acids is 2. The van der Waals surface area contributed by atoms with Crippen LogP contribution < -0.4 is 5.32 Å². The van der Waals surface area contributed by atoms with E-state index in [9.17, 15) is 9.59 Å². The van der Waals surface area contributed by atoms with Gasteiger partial charge < -0.3 is 10.1 Å². The van der Waals surface area contributed by atoms with Crippen LogP contribution >= 0.6 is 0 Å². The van der Waals surface area contributed by atoms with Gasteiger partial charge in [-0.2, -0.15) is 0 Å². The molecule has 0 spiro atoms.